The molecule has 174 valence electrons. The van der Waals surface area contributed by atoms with E-state index in [0.717, 1.165) is 23.2 Å². The van der Waals surface area contributed by atoms with Gasteiger partial charge in [0.25, 0.3) is 11.7 Å². The molecule has 1 aliphatic heterocycles. The summed E-state index contributed by atoms with van der Waals surface area (Å²) >= 11 is 0. The Morgan fingerprint density at radius 2 is 1.85 bits per heavy atom. The summed E-state index contributed by atoms with van der Waals surface area (Å²) in [6.45, 7) is 9.03. The maximum absolute atomic E-state index is 13.2. The highest BCUT2D eigenvalue weighted by molar-refractivity contribution is 6.46. The van der Waals surface area contributed by atoms with Crippen molar-refractivity contribution in [3.05, 3.63) is 82.9 Å². The van der Waals surface area contributed by atoms with Gasteiger partial charge in [0, 0.05) is 12.1 Å². The second-order valence-electron chi connectivity index (χ2n) is 8.64. The number of hydrogen-bond acceptors (Lipinski definition) is 5. The van der Waals surface area contributed by atoms with Gasteiger partial charge in [-0.1, -0.05) is 42.5 Å². The van der Waals surface area contributed by atoms with Gasteiger partial charge < -0.3 is 19.6 Å². The van der Waals surface area contributed by atoms with Crippen LogP contribution in [0.15, 0.2) is 60.7 Å². The van der Waals surface area contributed by atoms with Gasteiger partial charge >= 0.3 is 0 Å². The predicted molar refractivity (Wildman–Crippen MR) is 130 cm³/mol. The number of aryl methyl sites for hydroxylation is 2. The van der Waals surface area contributed by atoms with E-state index in [0.29, 0.717) is 30.9 Å². The van der Waals surface area contributed by atoms with Crippen LogP contribution in [0.1, 0.15) is 34.7 Å². The van der Waals surface area contributed by atoms with Crippen molar-refractivity contribution in [1.82, 2.24) is 9.80 Å². The molecule has 1 amide bonds. The van der Waals surface area contributed by atoms with E-state index in [1.54, 1.807) is 23.1 Å². The number of amides is 1. The molecule has 0 unspecified atom stereocenters. The Kier molecular flexibility index (Phi) is 7.71. The number of carbonyl (C=O) groups excluding carboxylic acids is 2. The molecule has 0 saturated carbocycles. The minimum Gasteiger partial charge on any atom is -0.507 e. The first kappa shape index (κ1) is 24.3. The van der Waals surface area contributed by atoms with Crippen molar-refractivity contribution in [3.8, 4) is 5.75 Å². The number of likely N-dealkylation sites (tertiary alicyclic amines) is 1. The second-order valence-corrected chi connectivity index (χ2v) is 8.64. The Labute approximate surface area is 195 Å². The van der Waals surface area contributed by atoms with Crippen molar-refractivity contribution in [1.29, 1.82) is 0 Å². The molecule has 1 N–H and O–H groups in total. The zero-order chi connectivity index (χ0) is 24.1. The normalized spacial score (nSPS) is 17.6. The first-order valence-corrected chi connectivity index (χ1v) is 11.1. The fraction of sp³-hybridized carbons (Fsp3) is 0.333. The molecule has 0 aromatic heterocycles. The van der Waals surface area contributed by atoms with Crippen molar-refractivity contribution in [2.24, 2.45) is 0 Å². The molecular weight excluding hydrogens is 416 g/mol. The number of aliphatic hydroxyl groups excluding tert-OH is 1. The number of ketones is 1. The van der Waals surface area contributed by atoms with Crippen LogP contribution < -0.4 is 4.74 Å². The van der Waals surface area contributed by atoms with Crippen molar-refractivity contribution in [2.75, 3.05) is 33.8 Å². The molecule has 2 aromatic rings. The van der Waals surface area contributed by atoms with Crippen LogP contribution in [0.25, 0.3) is 5.76 Å². The summed E-state index contributed by atoms with van der Waals surface area (Å²) in [6.07, 6.45) is 2.37. The fourth-order valence-electron chi connectivity index (χ4n) is 4.05. The van der Waals surface area contributed by atoms with Gasteiger partial charge in [-0.15, -0.1) is 0 Å². The van der Waals surface area contributed by atoms with Crippen LogP contribution in [0.5, 0.6) is 5.75 Å². The van der Waals surface area contributed by atoms with Crippen LogP contribution in [0.3, 0.4) is 0 Å². The van der Waals surface area contributed by atoms with Crippen molar-refractivity contribution in [2.45, 2.75) is 26.3 Å². The maximum Gasteiger partial charge on any atom is 0.295 e. The number of Topliss-reactive ketones (excluding diaryl/α,β-unsaturated/α-hetero) is 1. The van der Waals surface area contributed by atoms with E-state index >= 15 is 0 Å². The molecule has 1 atom stereocenters. The van der Waals surface area contributed by atoms with Gasteiger partial charge in [0.05, 0.1) is 11.6 Å². The molecule has 0 aliphatic carbocycles. The number of aliphatic hydroxyl groups is 1. The van der Waals surface area contributed by atoms with E-state index in [1.807, 2.05) is 63.2 Å². The lowest BCUT2D eigenvalue weighted by Gasteiger charge is -2.26. The van der Waals surface area contributed by atoms with E-state index in [9.17, 15) is 14.7 Å². The summed E-state index contributed by atoms with van der Waals surface area (Å²) in [6, 6.07) is 12.3. The minimum absolute atomic E-state index is 0.123. The summed E-state index contributed by atoms with van der Waals surface area (Å²) in [7, 11) is 3.93. The zero-order valence-electron chi connectivity index (χ0n) is 19.8. The molecule has 33 heavy (non-hydrogen) atoms. The first-order chi connectivity index (χ1) is 15.7. The number of rotatable bonds is 9. The quantitative estimate of drug-likeness (QED) is 0.269. The maximum atomic E-state index is 13.2. The molecule has 1 saturated heterocycles. The smallest absolute Gasteiger partial charge is 0.295 e. The largest absolute Gasteiger partial charge is 0.507 e. The Balaban J connectivity index is 2.09. The lowest BCUT2D eigenvalue weighted by Crippen LogP contribution is -2.32. The van der Waals surface area contributed by atoms with E-state index in [-0.39, 0.29) is 11.3 Å². The molecule has 3 rings (SSSR count). The molecule has 2 aromatic carbocycles. The number of carbonyl (C=O) groups is 2. The Morgan fingerprint density at radius 3 is 2.48 bits per heavy atom. The SMILES string of the molecule is C=CCOc1ccc([C@@H]2C(=C(O)c3cc(C)ccc3C)C(=O)C(=O)N2CCCN(C)C)cc1. The third-order valence-electron chi connectivity index (χ3n) is 5.76. The molecule has 1 heterocycles. The average molecular weight is 449 g/mol. The van der Waals surface area contributed by atoms with Gasteiger partial charge in [0.15, 0.2) is 0 Å². The van der Waals surface area contributed by atoms with Crippen molar-refractivity contribution >= 4 is 17.4 Å². The molecule has 6 heteroatoms. The highest BCUT2D eigenvalue weighted by Gasteiger charge is 2.45. The minimum atomic E-state index is -0.666. The first-order valence-electron chi connectivity index (χ1n) is 11.1. The molecular formula is C27H32N2O4. The third kappa shape index (κ3) is 5.34. The summed E-state index contributed by atoms with van der Waals surface area (Å²) in [5.41, 5.74) is 3.24. The predicted octanol–water partition coefficient (Wildman–Crippen LogP) is 4.24. The second kappa shape index (κ2) is 10.5. The van der Waals surface area contributed by atoms with E-state index in [2.05, 4.69) is 6.58 Å². The molecule has 0 bridgehead atoms. The van der Waals surface area contributed by atoms with E-state index in [1.165, 1.54) is 0 Å². The lowest BCUT2D eigenvalue weighted by atomic mass is 9.93. The summed E-state index contributed by atoms with van der Waals surface area (Å²) in [4.78, 5) is 29.8. The van der Waals surface area contributed by atoms with Crippen LogP contribution in [0.2, 0.25) is 0 Å². The Hall–Kier alpha value is -3.38. The number of benzene rings is 2. The molecule has 0 radical (unpaired) electrons. The number of hydrogen-bond donors (Lipinski definition) is 1. The summed E-state index contributed by atoms with van der Waals surface area (Å²) in [5, 5.41) is 11.3. The van der Waals surface area contributed by atoms with Gasteiger partial charge in [-0.3, -0.25) is 9.59 Å². The third-order valence-corrected chi connectivity index (χ3v) is 5.76. The standard InChI is InChI=1S/C27H32N2O4/c1-6-16-33-21-12-10-20(11-13-21)24-23(25(30)22-17-18(2)8-9-19(22)3)26(31)27(32)29(24)15-7-14-28(4)5/h6,8-13,17,24,30H,1,7,14-16H2,2-5H3/t24-/m1/s1. The van der Waals surface area contributed by atoms with Crippen LogP contribution in [0, 0.1) is 13.8 Å². The van der Waals surface area contributed by atoms with Crippen LogP contribution >= 0.6 is 0 Å². The van der Waals surface area contributed by atoms with Crippen molar-refractivity contribution < 1.29 is 19.4 Å². The highest BCUT2D eigenvalue weighted by atomic mass is 16.5. The highest BCUT2D eigenvalue weighted by Crippen LogP contribution is 2.40. The monoisotopic (exact) mass is 448 g/mol. The summed E-state index contributed by atoms with van der Waals surface area (Å²) < 4.78 is 5.57. The van der Waals surface area contributed by atoms with Gasteiger partial charge in [-0.05, 0) is 70.2 Å². The molecule has 0 spiro atoms. The molecule has 1 aliphatic rings. The van der Waals surface area contributed by atoms with E-state index < -0.39 is 17.7 Å². The topological polar surface area (TPSA) is 70.1 Å². The van der Waals surface area contributed by atoms with Gasteiger partial charge in [-0.25, -0.2) is 0 Å². The Morgan fingerprint density at radius 1 is 1.15 bits per heavy atom. The molecule has 1 fully saturated rings. The van der Waals surface area contributed by atoms with Gasteiger partial charge in [-0.2, -0.15) is 0 Å². The number of nitrogens with zero attached hydrogens (tertiary/aromatic N) is 2. The zero-order valence-corrected chi connectivity index (χ0v) is 19.8. The average Bonchev–Trinajstić information content (AvgIpc) is 3.04. The van der Waals surface area contributed by atoms with E-state index in [4.69, 9.17) is 4.74 Å². The van der Waals surface area contributed by atoms with Gasteiger partial charge in [0.1, 0.15) is 18.1 Å². The van der Waals surface area contributed by atoms with Crippen molar-refractivity contribution in [3.63, 3.8) is 0 Å². The lowest BCUT2D eigenvalue weighted by molar-refractivity contribution is -0.139. The summed E-state index contributed by atoms with van der Waals surface area (Å²) in [5.74, 6) is -0.716. The molecule has 6 nitrogen and oxygen atoms in total. The Bertz CT molecular complexity index is 1070. The van der Waals surface area contributed by atoms with Crippen LogP contribution in [-0.4, -0.2) is 60.4 Å². The van der Waals surface area contributed by atoms with Crippen LogP contribution in [0.4, 0.5) is 0 Å². The fourth-order valence-corrected chi connectivity index (χ4v) is 4.05. The van der Waals surface area contributed by atoms with Crippen LogP contribution in [-0.2, 0) is 9.59 Å². The number of ether oxygens (including phenoxy) is 1. The van der Waals surface area contributed by atoms with Gasteiger partial charge in [0.2, 0.25) is 0 Å².